The van der Waals surface area contributed by atoms with Crippen LogP contribution < -0.4 is 15.5 Å². The lowest BCUT2D eigenvalue weighted by Gasteiger charge is -2.27. The highest BCUT2D eigenvalue weighted by Crippen LogP contribution is 2.61. The van der Waals surface area contributed by atoms with Gasteiger partial charge in [-0.3, -0.25) is 10.3 Å². The van der Waals surface area contributed by atoms with Crippen LogP contribution in [0.5, 0.6) is 5.75 Å². The van der Waals surface area contributed by atoms with E-state index >= 15 is 0 Å². The minimum absolute atomic E-state index is 0.442. The maximum atomic E-state index is 6.38. The first kappa shape index (κ1) is 17.7. The van der Waals surface area contributed by atoms with Crippen molar-refractivity contribution in [2.24, 2.45) is 0 Å². The highest BCUT2D eigenvalue weighted by molar-refractivity contribution is 6.42. The summed E-state index contributed by atoms with van der Waals surface area (Å²) in [6.07, 6.45) is 1.73. The minimum atomic E-state index is -0.442. The second-order valence-electron chi connectivity index (χ2n) is 6.50. The molecule has 1 aliphatic carbocycles. The van der Waals surface area contributed by atoms with E-state index in [0.717, 1.165) is 36.2 Å². The standard InChI is InChI=1S/C20H20Cl2N2O2/c1-23-8-5-9-25-24-19-14-10-16(21)17(22)11-18(14)26-20(12-15(19)20)13-6-3-2-4-7-13/h2-4,6-7,10-11,23-24H,5,8-9,12H2,1H3. The summed E-state index contributed by atoms with van der Waals surface area (Å²) in [5.41, 5.74) is 6.80. The Labute approximate surface area is 163 Å². The van der Waals surface area contributed by atoms with Gasteiger partial charge in [-0.1, -0.05) is 53.5 Å². The first-order valence-electron chi connectivity index (χ1n) is 8.66. The molecule has 4 rings (SSSR count). The third-order valence-corrected chi connectivity index (χ3v) is 5.48. The second-order valence-corrected chi connectivity index (χ2v) is 7.31. The zero-order chi connectivity index (χ0) is 18.1. The molecule has 26 heavy (non-hydrogen) atoms. The summed E-state index contributed by atoms with van der Waals surface area (Å²) in [5.74, 6) is 0.714. The second kappa shape index (κ2) is 7.12. The van der Waals surface area contributed by atoms with E-state index in [1.54, 1.807) is 6.07 Å². The Balaban J connectivity index is 1.67. The van der Waals surface area contributed by atoms with Crippen molar-refractivity contribution in [1.82, 2.24) is 10.8 Å². The molecule has 1 fully saturated rings. The van der Waals surface area contributed by atoms with Gasteiger partial charge in [0.05, 0.1) is 22.3 Å². The molecule has 2 aromatic carbocycles. The summed E-state index contributed by atoms with van der Waals surface area (Å²) in [5, 5.41) is 4.08. The van der Waals surface area contributed by atoms with Crippen LogP contribution in [-0.4, -0.2) is 20.2 Å². The van der Waals surface area contributed by atoms with Crippen LogP contribution in [0.4, 0.5) is 0 Å². The molecule has 0 spiro atoms. The number of benzene rings is 2. The molecule has 136 valence electrons. The molecule has 0 radical (unpaired) electrons. The zero-order valence-electron chi connectivity index (χ0n) is 14.4. The summed E-state index contributed by atoms with van der Waals surface area (Å²) >= 11 is 12.5. The monoisotopic (exact) mass is 390 g/mol. The van der Waals surface area contributed by atoms with Crippen LogP contribution in [0.2, 0.25) is 10.0 Å². The number of rotatable bonds is 7. The Morgan fingerprint density at radius 2 is 1.92 bits per heavy atom. The van der Waals surface area contributed by atoms with Crippen molar-refractivity contribution < 1.29 is 9.57 Å². The summed E-state index contributed by atoms with van der Waals surface area (Å²) in [4.78, 5) is 5.70. The van der Waals surface area contributed by atoms with Crippen molar-refractivity contribution in [2.45, 2.75) is 18.4 Å². The van der Waals surface area contributed by atoms with Gasteiger partial charge in [0.15, 0.2) is 5.60 Å². The van der Waals surface area contributed by atoms with E-state index < -0.39 is 5.60 Å². The summed E-state index contributed by atoms with van der Waals surface area (Å²) in [7, 11) is 1.93. The van der Waals surface area contributed by atoms with E-state index in [4.69, 9.17) is 32.8 Å². The topological polar surface area (TPSA) is 42.5 Å². The number of fused-ring (bicyclic) bond motifs is 2. The van der Waals surface area contributed by atoms with Crippen LogP contribution in [0.25, 0.3) is 5.70 Å². The lowest BCUT2D eigenvalue weighted by molar-refractivity contribution is 0.0748. The fourth-order valence-electron chi connectivity index (χ4n) is 3.35. The Hall–Kier alpha value is -1.72. The molecular formula is C20H20Cl2N2O2. The van der Waals surface area contributed by atoms with Crippen molar-refractivity contribution in [3.05, 3.63) is 69.2 Å². The first-order valence-corrected chi connectivity index (χ1v) is 9.41. The van der Waals surface area contributed by atoms with Gasteiger partial charge >= 0.3 is 0 Å². The van der Waals surface area contributed by atoms with Crippen molar-refractivity contribution in [3.63, 3.8) is 0 Å². The van der Waals surface area contributed by atoms with E-state index in [2.05, 4.69) is 22.9 Å². The van der Waals surface area contributed by atoms with Crippen molar-refractivity contribution in [2.75, 3.05) is 20.2 Å². The molecule has 0 amide bonds. The third-order valence-electron chi connectivity index (χ3n) is 4.75. The Morgan fingerprint density at radius 3 is 2.69 bits per heavy atom. The predicted octanol–water partition coefficient (Wildman–Crippen LogP) is 4.53. The van der Waals surface area contributed by atoms with Gasteiger partial charge in [-0.25, -0.2) is 0 Å². The van der Waals surface area contributed by atoms with E-state index in [0.29, 0.717) is 22.4 Å². The lowest BCUT2D eigenvalue weighted by Crippen LogP contribution is -2.25. The largest absolute Gasteiger partial charge is 0.477 e. The third kappa shape index (κ3) is 3.08. The molecule has 1 unspecified atom stereocenters. The van der Waals surface area contributed by atoms with Gasteiger partial charge < -0.3 is 10.1 Å². The number of hydrogen-bond donors (Lipinski definition) is 2. The number of hydroxylamine groups is 1. The van der Waals surface area contributed by atoms with Crippen LogP contribution in [0, 0.1) is 0 Å². The van der Waals surface area contributed by atoms with E-state index in [1.807, 2.05) is 31.3 Å². The average molecular weight is 391 g/mol. The maximum Gasteiger partial charge on any atom is 0.162 e. The Bertz CT molecular complexity index is 854. The van der Waals surface area contributed by atoms with Crippen LogP contribution in [0.3, 0.4) is 0 Å². The van der Waals surface area contributed by atoms with Crippen LogP contribution in [0.15, 0.2) is 48.0 Å². The maximum absolute atomic E-state index is 6.38. The van der Waals surface area contributed by atoms with Gasteiger partial charge in [0.25, 0.3) is 0 Å². The lowest BCUT2D eigenvalue weighted by atomic mass is 10.0. The van der Waals surface area contributed by atoms with E-state index in [1.165, 1.54) is 5.57 Å². The number of halogens is 2. The molecule has 2 N–H and O–H groups in total. The van der Waals surface area contributed by atoms with Crippen molar-refractivity contribution >= 4 is 28.9 Å². The SMILES string of the molecule is CNCCCONC1=C2CC2(c2ccccc2)Oc2cc(Cl)c(Cl)cc21. The Morgan fingerprint density at radius 1 is 1.15 bits per heavy atom. The molecular weight excluding hydrogens is 371 g/mol. The summed E-state index contributed by atoms with van der Waals surface area (Å²) in [6.45, 7) is 1.51. The van der Waals surface area contributed by atoms with Crippen molar-refractivity contribution in [1.29, 1.82) is 0 Å². The number of hydrogen-bond acceptors (Lipinski definition) is 4. The molecule has 2 aliphatic rings. The summed E-state index contributed by atoms with van der Waals surface area (Å²) in [6, 6.07) is 13.8. The number of ether oxygens (including phenoxy) is 1. The fourth-order valence-corrected chi connectivity index (χ4v) is 3.67. The molecule has 1 atom stereocenters. The molecule has 1 aliphatic heterocycles. The van der Waals surface area contributed by atoms with E-state index in [9.17, 15) is 0 Å². The first-order chi connectivity index (χ1) is 12.7. The molecule has 0 aromatic heterocycles. The van der Waals surface area contributed by atoms with Crippen molar-refractivity contribution in [3.8, 4) is 5.75 Å². The molecule has 0 saturated heterocycles. The average Bonchev–Trinajstić information content (AvgIpc) is 3.38. The zero-order valence-corrected chi connectivity index (χ0v) is 16.0. The minimum Gasteiger partial charge on any atom is -0.477 e. The quantitative estimate of drug-likeness (QED) is 0.538. The molecule has 0 bridgehead atoms. The fraction of sp³-hybridized carbons (Fsp3) is 0.300. The van der Waals surface area contributed by atoms with Gasteiger partial charge in [-0.05, 0) is 26.1 Å². The van der Waals surface area contributed by atoms with E-state index in [-0.39, 0.29) is 0 Å². The van der Waals surface area contributed by atoms with Gasteiger partial charge in [0.2, 0.25) is 0 Å². The van der Waals surface area contributed by atoms with Gasteiger partial charge in [-0.15, -0.1) is 0 Å². The molecule has 1 saturated carbocycles. The van der Waals surface area contributed by atoms with Crippen LogP contribution >= 0.6 is 23.2 Å². The van der Waals surface area contributed by atoms with Gasteiger partial charge in [0, 0.05) is 29.2 Å². The molecule has 4 nitrogen and oxygen atoms in total. The van der Waals surface area contributed by atoms with Crippen LogP contribution in [0.1, 0.15) is 24.0 Å². The smallest absolute Gasteiger partial charge is 0.162 e. The number of nitrogens with one attached hydrogen (secondary N) is 2. The predicted molar refractivity (Wildman–Crippen MR) is 104 cm³/mol. The summed E-state index contributed by atoms with van der Waals surface area (Å²) < 4.78 is 6.38. The highest BCUT2D eigenvalue weighted by Gasteiger charge is 2.58. The molecule has 6 heteroatoms. The molecule has 2 aromatic rings. The molecule has 1 heterocycles. The highest BCUT2D eigenvalue weighted by atomic mass is 35.5. The van der Waals surface area contributed by atoms with Crippen LogP contribution in [-0.2, 0) is 10.4 Å². The Kier molecular flexibility index (Phi) is 4.84. The van der Waals surface area contributed by atoms with Gasteiger partial charge in [-0.2, -0.15) is 0 Å². The normalized spacial score (nSPS) is 20.3. The van der Waals surface area contributed by atoms with Gasteiger partial charge in [0.1, 0.15) is 5.75 Å².